The lowest BCUT2D eigenvalue weighted by Gasteiger charge is -2.08. The van der Waals surface area contributed by atoms with Crippen molar-refractivity contribution in [2.45, 2.75) is 33.9 Å². The number of aryl methyl sites for hydroxylation is 2. The van der Waals surface area contributed by atoms with Crippen LogP contribution in [0.3, 0.4) is 0 Å². The maximum atomic E-state index is 12.1. The van der Waals surface area contributed by atoms with E-state index in [0.29, 0.717) is 18.0 Å². The number of rotatable bonds is 7. The van der Waals surface area contributed by atoms with Gasteiger partial charge in [-0.2, -0.15) is 10.2 Å². The van der Waals surface area contributed by atoms with Crippen LogP contribution in [-0.2, 0) is 17.9 Å². The summed E-state index contributed by atoms with van der Waals surface area (Å²) in [6, 6.07) is 7.61. The van der Waals surface area contributed by atoms with E-state index >= 15 is 0 Å². The van der Waals surface area contributed by atoms with Crippen LogP contribution in [0.15, 0.2) is 42.9 Å². The molecule has 0 saturated carbocycles. The number of carbonyl (C=O) groups excluding carboxylic acids is 1. The summed E-state index contributed by atoms with van der Waals surface area (Å²) in [5.74, 6) is 0.490. The molecule has 0 atom stereocenters. The summed E-state index contributed by atoms with van der Waals surface area (Å²) < 4.78 is 9.28. The predicted molar refractivity (Wildman–Crippen MR) is 99.3 cm³/mol. The third-order valence-electron chi connectivity index (χ3n) is 4.21. The second-order valence-corrected chi connectivity index (χ2v) is 6.10. The summed E-state index contributed by atoms with van der Waals surface area (Å²) in [6.07, 6.45) is 5.29. The Morgan fingerprint density at radius 2 is 2.00 bits per heavy atom. The number of anilines is 1. The highest BCUT2D eigenvalue weighted by Gasteiger charge is 2.09. The quantitative estimate of drug-likeness (QED) is 0.709. The minimum Gasteiger partial charge on any atom is -0.483 e. The number of benzene rings is 1. The molecule has 0 aliphatic rings. The first kappa shape index (κ1) is 17.7. The van der Waals surface area contributed by atoms with Gasteiger partial charge in [0.2, 0.25) is 0 Å². The number of nitrogens with one attached hydrogen (secondary N) is 1. The van der Waals surface area contributed by atoms with E-state index in [1.807, 2.05) is 49.0 Å². The van der Waals surface area contributed by atoms with Gasteiger partial charge in [0.25, 0.3) is 5.91 Å². The number of para-hydroxylation sites is 1. The van der Waals surface area contributed by atoms with E-state index in [-0.39, 0.29) is 12.5 Å². The minimum atomic E-state index is -0.220. The molecule has 1 amide bonds. The highest BCUT2D eigenvalue weighted by Crippen LogP contribution is 2.16. The molecule has 0 spiro atoms. The van der Waals surface area contributed by atoms with Gasteiger partial charge in [-0.05, 0) is 32.4 Å². The molecule has 0 radical (unpaired) electrons. The summed E-state index contributed by atoms with van der Waals surface area (Å²) in [6.45, 7) is 7.46. The highest BCUT2D eigenvalue weighted by atomic mass is 16.5. The number of hydrogen-bond acceptors (Lipinski definition) is 4. The smallest absolute Gasteiger partial charge is 0.262 e. The molecular weight excluding hydrogens is 330 g/mol. The largest absolute Gasteiger partial charge is 0.483 e. The Bertz CT molecular complexity index is 897. The van der Waals surface area contributed by atoms with Gasteiger partial charge in [-0.1, -0.05) is 18.2 Å². The maximum Gasteiger partial charge on any atom is 0.262 e. The van der Waals surface area contributed by atoms with E-state index in [4.69, 9.17) is 4.74 Å². The zero-order chi connectivity index (χ0) is 18.5. The average molecular weight is 353 g/mol. The fourth-order valence-electron chi connectivity index (χ4n) is 2.71. The Labute approximate surface area is 152 Å². The van der Waals surface area contributed by atoms with Gasteiger partial charge in [0.05, 0.1) is 24.6 Å². The summed E-state index contributed by atoms with van der Waals surface area (Å²) in [5, 5.41) is 11.4. The van der Waals surface area contributed by atoms with Crippen LogP contribution in [0.1, 0.15) is 23.7 Å². The molecule has 3 rings (SSSR count). The molecular formula is C19H23N5O2. The highest BCUT2D eigenvalue weighted by molar-refractivity contribution is 5.91. The molecule has 2 aromatic heterocycles. The van der Waals surface area contributed by atoms with Crippen molar-refractivity contribution >= 4 is 11.6 Å². The average Bonchev–Trinajstić information content (AvgIpc) is 3.21. The normalized spacial score (nSPS) is 10.7. The van der Waals surface area contributed by atoms with Gasteiger partial charge in [0, 0.05) is 24.0 Å². The maximum absolute atomic E-state index is 12.1. The van der Waals surface area contributed by atoms with Gasteiger partial charge in [-0.3, -0.25) is 14.2 Å². The molecule has 1 N–H and O–H groups in total. The van der Waals surface area contributed by atoms with Gasteiger partial charge < -0.3 is 10.1 Å². The van der Waals surface area contributed by atoms with Crippen LogP contribution in [0.2, 0.25) is 0 Å². The number of carbonyl (C=O) groups is 1. The van der Waals surface area contributed by atoms with Crippen LogP contribution in [0.25, 0.3) is 0 Å². The number of amides is 1. The van der Waals surface area contributed by atoms with Gasteiger partial charge >= 0.3 is 0 Å². The molecule has 7 nitrogen and oxygen atoms in total. The van der Waals surface area contributed by atoms with Crippen LogP contribution in [0, 0.1) is 13.8 Å². The van der Waals surface area contributed by atoms with Gasteiger partial charge in [-0.25, -0.2) is 0 Å². The van der Waals surface area contributed by atoms with Gasteiger partial charge in [0.15, 0.2) is 6.61 Å². The molecule has 26 heavy (non-hydrogen) atoms. The SMILES string of the molecule is CCn1ncc(Cn2cc(NC(=O)COc3ccccc3C)cn2)c1C. The van der Waals surface area contributed by atoms with Crippen LogP contribution < -0.4 is 10.1 Å². The molecule has 3 aromatic rings. The lowest BCUT2D eigenvalue weighted by atomic mass is 10.2. The van der Waals surface area contributed by atoms with E-state index in [2.05, 4.69) is 22.4 Å². The third-order valence-corrected chi connectivity index (χ3v) is 4.21. The molecule has 136 valence electrons. The Hall–Kier alpha value is -3.09. The second-order valence-electron chi connectivity index (χ2n) is 6.10. The number of hydrogen-bond donors (Lipinski definition) is 1. The van der Waals surface area contributed by atoms with E-state index in [9.17, 15) is 4.79 Å². The molecule has 1 aromatic carbocycles. The summed E-state index contributed by atoms with van der Waals surface area (Å²) in [7, 11) is 0. The van der Waals surface area contributed by atoms with Crippen molar-refractivity contribution in [3.63, 3.8) is 0 Å². The van der Waals surface area contributed by atoms with Crippen molar-refractivity contribution in [1.29, 1.82) is 0 Å². The van der Waals surface area contributed by atoms with E-state index in [1.165, 1.54) is 0 Å². The van der Waals surface area contributed by atoms with E-state index in [1.54, 1.807) is 17.1 Å². The lowest BCUT2D eigenvalue weighted by Crippen LogP contribution is -2.20. The summed E-state index contributed by atoms with van der Waals surface area (Å²) >= 11 is 0. The topological polar surface area (TPSA) is 74.0 Å². The Balaban J connectivity index is 1.55. The van der Waals surface area contributed by atoms with E-state index in [0.717, 1.165) is 23.4 Å². The third kappa shape index (κ3) is 4.11. The number of nitrogens with zero attached hydrogens (tertiary/aromatic N) is 4. The van der Waals surface area contributed by atoms with E-state index < -0.39 is 0 Å². The fraction of sp³-hybridized carbons (Fsp3) is 0.316. The fourth-order valence-corrected chi connectivity index (χ4v) is 2.71. The first-order chi connectivity index (χ1) is 12.6. The molecule has 0 aliphatic heterocycles. The zero-order valence-corrected chi connectivity index (χ0v) is 15.3. The van der Waals surface area contributed by atoms with Crippen LogP contribution >= 0.6 is 0 Å². The van der Waals surface area contributed by atoms with Crippen molar-refractivity contribution in [2.24, 2.45) is 0 Å². The zero-order valence-electron chi connectivity index (χ0n) is 15.3. The van der Waals surface area contributed by atoms with Gasteiger partial charge in [0.1, 0.15) is 5.75 Å². The molecule has 0 fully saturated rings. The minimum absolute atomic E-state index is 0.0432. The Morgan fingerprint density at radius 1 is 1.19 bits per heavy atom. The molecule has 0 saturated heterocycles. The van der Waals surface area contributed by atoms with Crippen LogP contribution in [0.4, 0.5) is 5.69 Å². The van der Waals surface area contributed by atoms with Crippen molar-refractivity contribution in [2.75, 3.05) is 11.9 Å². The first-order valence-electron chi connectivity index (χ1n) is 8.59. The molecule has 0 unspecified atom stereocenters. The Morgan fingerprint density at radius 3 is 2.73 bits per heavy atom. The van der Waals surface area contributed by atoms with Crippen molar-refractivity contribution in [1.82, 2.24) is 19.6 Å². The van der Waals surface area contributed by atoms with Gasteiger partial charge in [-0.15, -0.1) is 0 Å². The van der Waals surface area contributed by atoms with Crippen molar-refractivity contribution < 1.29 is 9.53 Å². The molecule has 7 heteroatoms. The Kier molecular flexibility index (Phi) is 5.36. The molecule has 2 heterocycles. The molecule has 0 bridgehead atoms. The number of ether oxygens (including phenoxy) is 1. The standard InChI is InChI=1S/C19H23N5O2/c1-4-24-15(3)16(9-21-24)11-23-12-17(10-20-23)22-19(25)13-26-18-8-6-5-7-14(18)2/h5-10,12H,4,11,13H2,1-3H3,(H,22,25). The van der Waals surface area contributed by atoms with Crippen molar-refractivity contribution in [3.8, 4) is 5.75 Å². The van der Waals surface area contributed by atoms with Crippen LogP contribution in [0.5, 0.6) is 5.75 Å². The summed E-state index contributed by atoms with van der Waals surface area (Å²) in [5.41, 5.74) is 3.87. The first-order valence-corrected chi connectivity index (χ1v) is 8.59. The van der Waals surface area contributed by atoms with Crippen molar-refractivity contribution in [3.05, 3.63) is 59.7 Å². The van der Waals surface area contributed by atoms with Crippen LogP contribution in [-0.4, -0.2) is 32.1 Å². The monoisotopic (exact) mass is 353 g/mol. The molecule has 0 aliphatic carbocycles. The summed E-state index contributed by atoms with van der Waals surface area (Å²) in [4.78, 5) is 12.1. The predicted octanol–water partition coefficient (Wildman–Crippen LogP) is 2.78. The second kappa shape index (κ2) is 7.86. The number of aromatic nitrogens is 4. The lowest BCUT2D eigenvalue weighted by molar-refractivity contribution is -0.118.